The lowest BCUT2D eigenvalue weighted by Crippen LogP contribution is -2.49. The van der Waals surface area contributed by atoms with E-state index in [2.05, 4.69) is 30.4 Å². The van der Waals surface area contributed by atoms with Crippen molar-refractivity contribution in [3.8, 4) is 0 Å². The van der Waals surface area contributed by atoms with Gasteiger partial charge in [0.15, 0.2) is 0 Å². The second-order valence-corrected chi connectivity index (χ2v) is 7.21. The molecule has 10 heteroatoms. The molecular weight excluding hydrogens is 406 g/mol. The molecule has 1 aromatic carbocycles. The predicted octanol–water partition coefficient (Wildman–Crippen LogP) is 1.20. The highest BCUT2D eigenvalue weighted by atomic mass is 19.1. The van der Waals surface area contributed by atoms with Crippen molar-refractivity contribution in [1.29, 1.82) is 0 Å². The summed E-state index contributed by atoms with van der Waals surface area (Å²) in [5, 5.41) is 5.41. The zero-order valence-electron chi connectivity index (χ0n) is 17.2. The lowest BCUT2D eigenvalue weighted by molar-refractivity contribution is -0.121. The standard InChI is InChI=1S/C21H26F2N6O2/c22-16-4-5-17(18(23)15-16)20(31)25-6-1-3-19(30)24-9-10-28-11-13-29(14-12-28)21-26-7-2-8-27-21/h2,4-5,7-8,15H,1,3,6,9-14H2,(H,24,30)(H,25,31). The van der Waals surface area contributed by atoms with Crippen molar-refractivity contribution in [1.82, 2.24) is 25.5 Å². The molecule has 0 unspecified atom stereocenters. The number of halogens is 2. The van der Waals surface area contributed by atoms with Crippen LogP contribution < -0.4 is 15.5 Å². The van der Waals surface area contributed by atoms with Crippen LogP contribution in [0.3, 0.4) is 0 Å². The van der Waals surface area contributed by atoms with Crippen LogP contribution in [-0.2, 0) is 4.79 Å². The van der Waals surface area contributed by atoms with E-state index in [-0.39, 0.29) is 24.4 Å². The summed E-state index contributed by atoms with van der Waals surface area (Å²) in [5.74, 6) is -1.63. The summed E-state index contributed by atoms with van der Waals surface area (Å²) in [6, 6.07) is 4.58. The minimum Gasteiger partial charge on any atom is -0.355 e. The van der Waals surface area contributed by atoms with Gasteiger partial charge >= 0.3 is 0 Å². The second kappa shape index (κ2) is 11.3. The second-order valence-electron chi connectivity index (χ2n) is 7.21. The molecule has 2 amide bonds. The molecule has 0 spiro atoms. The van der Waals surface area contributed by atoms with Gasteiger partial charge in [-0.1, -0.05) is 0 Å². The van der Waals surface area contributed by atoms with E-state index >= 15 is 0 Å². The Balaban J connectivity index is 1.25. The summed E-state index contributed by atoms with van der Waals surface area (Å²) in [6.07, 6.45) is 4.15. The summed E-state index contributed by atoms with van der Waals surface area (Å²) in [4.78, 5) is 36.8. The Morgan fingerprint density at radius 2 is 1.74 bits per heavy atom. The van der Waals surface area contributed by atoms with Crippen LogP contribution in [0.15, 0.2) is 36.7 Å². The van der Waals surface area contributed by atoms with Gasteiger partial charge in [-0.25, -0.2) is 18.7 Å². The largest absolute Gasteiger partial charge is 0.355 e. The fourth-order valence-electron chi connectivity index (χ4n) is 3.29. The first-order valence-electron chi connectivity index (χ1n) is 10.3. The number of rotatable bonds is 9. The highest BCUT2D eigenvalue weighted by Gasteiger charge is 2.18. The smallest absolute Gasteiger partial charge is 0.254 e. The van der Waals surface area contributed by atoms with Gasteiger partial charge in [0.25, 0.3) is 5.91 Å². The highest BCUT2D eigenvalue weighted by molar-refractivity contribution is 5.94. The quantitative estimate of drug-likeness (QED) is 0.579. The first-order chi connectivity index (χ1) is 15.0. The van der Waals surface area contributed by atoms with E-state index in [1.165, 1.54) is 0 Å². The van der Waals surface area contributed by atoms with Crippen molar-refractivity contribution >= 4 is 17.8 Å². The van der Waals surface area contributed by atoms with Gasteiger partial charge in [0.05, 0.1) is 5.56 Å². The van der Waals surface area contributed by atoms with Crippen LogP contribution in [0.4, 0.5) is 14.7 Å². The minimum absolute atomic E-state index is 0.0986. The summed E-state index contributed by atoms with van der Waals surface area (Å²) in [5.41, 5.74) is -0.218. The fourth-order valence-corrected chi connectivity index (χ4v) is 3.29. The highest BCUT2D eigenvalue weighted by Crippen LogP contribution is 2.10. The molecule has 2 aromatic rings. The van der Waals surface area contributed by atoms with Crippen LogP contribution in [0.2, 0.25) is 0 Å². The molecule has 1 fully saturated rings. The number of anilines is 1. The normalized spacial score (nSPS) is 14.3. The van der Waals surface area contributed by atoms with Crippen molar-refractivity contribution in [2.75, 3.05) is 50.7 Å². The lowest BCUT2D eigenvalue weighted by atomic mass is 10.2. The van der Waals surface area contributed by atoms with Gasteiger partial charge in [0, 0.05) is 70.7 Å². The fraction of sp³-hybridized carbons (Fsp3) is 0.429. The van der Waals surface area contributed by atoms with E-state index in [1.807, 2.05) is 0 Å². The van der Waals surface area contributed by atoms with Crippen LogP contribution in [0.5, 0.6) is 0 Å². The molecule has 1 aromatic heterocycles. The Morgan fingerprint density at radius 3 is 2.45 bits per heavy atom. The van der Waals surface area contributed by atoms with E-state index in [9.17, 15) is 18.4 Å². The van der Waals surface area contributed by atoms with Gasteiger partial charge in [-0.3, -0.25) is 14.5 Å². The maximum Gasteiger partial charge on any atom is 0.254 e. The molecule has 2 heterocycles. The molecule has 0 saturated carbocycles. The summed E-state index contributed by atoms with van der Waals surface area (Å²) in [6.45, 7) is 4.97. The number of hydrogen-bond donors (Lipinski definition) is 2. The SMILES string of the molecule is O=C(CCCNC(=O)c1ccc(F)cc1F)NCCN1CCN(c2ncccn2)CC1. The number of nitrogens with one attached hydrogen (secondary N) is 2. The maximum absolute atomic E-state index is 13.6. The van der Waals surface area contributed by atoms with Crippen LogP contribution in [0.25, 0.3) is 0 Å². The molecule has 8 nitrogen and oxygen atoms in total. The summed E-state index contributed by atoms with van der Waals surface area (Å²) >= 11 is 0. The topological polar surface area (TPSA) is 90.5 Å². The first kappa shape index (κ1) is 22.5. The van der Waals surface area contributed by atoms with Crippen molar-refractivity contribution in [2.24, 2.45) is 0 Å². The van der Waals surface area contributed by atoms with E-state index in [4.69, 9.17) is 0 Å². The van der Waals surface area contributed by atoms with Gasteiger partial charge in [0.1, 0.15) is 11.6 Å². The van der Waals surface area contributed by atoms with Gasteiger partial charge < -0.3 is 15.5 Å². The zero-order valence-corrected chi connectivity index (χ0v) is 17.2. The van der Waals surface area contributed by atoms with Gasteiger partial charge in [-0.15, -0.1) is 0 Å². The number of aromatic nitrogens is 2. The van der Waals surface area contributed by atoms with Crippen LogP contribution in [0.1, 0.15) is 23.2 Å². The molecule has 0 bridgehead atoms. The molecule has 2 N–H and O–H groups in total. The van der Waals surface area contributed by atoms with Crippen LogP contribution in [0, 0.1) is 11.6 Å². The Bertz CT molecular complexity index is 875. The number of carbonyl (C=O) groups excluding carboxylic acids is 2. The number of benzene rings is 1. The Morgan fingerprint density at radius 1 is 1.00 bits per heavy atom. The van der Waals surface area contributed by atoms with Gasteiger partial charge in [-0.05, 0) is 24.6 Å². The summed E-state index contributed by atoms with van der Waals surface area (Å²) in [7, 11) is 0. The molecule has 0 aliphatic carbocycles. The van der Waals surface area contributed by atoms with Gasteiger partial charge in [-0.2, -0.15) is 0 Å². The number of piperazine rings is 1. The van der Waals surface area contributed by atoms with E-state index in [0.717, 1.165) is 50.8 Å². The van der Waals surface area contributed by atoms with E-state index in [1.54, 1.807) is 18.5 Å². The molecular formula is C21H26F2N6O2. The van der Waals surface area contributed by atoms with Crippen molar-refractivity contribution < 1.29 is 18.4 Å². The number of carbonyl (C=O) groups is 2. The first-order valence-corrected chi connectivity index (χ1v) is 10.3. The van der Waals surface area contributed by atoms with Crippen LogP contribution in [-0.4, -0.2) is 72.5 Å². The van der Waals surface area contributed by atoms with Crippen molar-refractivity contribution in [3.63, 3.8) is 0 Å². The average molecular weight is 432 g/mol. The molecule has 31 heavy (non-hydrogen) atoms. The number of hydrogen-bond acceptors (Lipinski definition) is 6. The molecule has 3 rings (SSSR count). The predicted molar refractivity (Wildman–Crippen MR) is 112 cm³/mol. The Hall–Kier alpha value is -3.14. The third-order valence-electron chi connectivity index (χ3n) is 5.00. The minimum atomic E-state index is -0.910. The van der Waals surface area contributed by atoms with Crippen molar-refractivity contribution in [2.45, 2.75) is 12.8 Å². The molecule has 1 saturated heterocycles. The zero-order chi connectivity index (χ0) is 22.1. The lowest BCUT2D eigenvalue weighted by Gasteiger charge is -2.34. The molecule has 1 aliphatic heterocycles. The van der Waals surface area contributed by atoms with E-state index < -0.39 is 17.5 Å². The third kappa shape index (κ3) is 6.95. The molecule has 0 radical (unpaired) electrons. The molecule has 166 valence electrons. The Kier molecular flexibility index (Phi) is 8.22. The monoisotopic (exact) mass is 432 g/mol. The van der Waals surface area contributed by atoms with Crippen molar-refractivity contribution in [3.05, 3.63) is 53.9 Å². The number of nitrogens with zero attached hydrogens (tertiary/aromatic N) is 4. The molecule has 0 atom stereocenters. The Labute approximate surface area is 179 Å². The summed E-state index contributed by atoms with van der Waals surface area (Å²) < 4.78 is 26.4. The molecule has 1 aliphatic rings. The average Bonchev–Trinajstić information content (AvgIpc) is 2.77. The van der Waals surface area contributed by atoms with Gasteiger partial charge in [0.2, 0.25) is 11.9 Å². The number of amides is 2. The maximum atomic E-state index is 13.6. The van der Waals surface area contributed by atoms with Crippen LogP contribution >= 0.6 is 0 Å². The third-order valence-corrected chi connectivity index (χ3v) is 5.00. The van der Waals surface area contributed by atoms with E-state index in [0.29, 0.717) is 19.0 Å².